The van der Waals surface area contributed by atoms with E-state index in [1.165, 1.54) is 19.3 Å². The first-order chi connectivity index (χ1) is 7.68. The summed E-state index contributed by atoms with van der Waals surface area (Å²) in [4.78, 5) is 13.5. The van der Waals surface area contributed by atoms with Crippen molar-refractivity contribution >= 4 is 5.91 Å². The minimum atomic E-state index is 0.220. The quantitative estimate of drug-likeness (QED) is 0.567. The fourth-order valence-electron chi connectivity index (χ4n) is 1.55. The smallest absolute Gasteiger partial charge is 0.220 e. The van der Waals surface area contributed by atoms with Crippen molar-refractivity contribution in [2.75, 3.05) is 33.7 Å². The molecule has 0 aliphatic heterocycles. The predicted molar refractivity (Wildman–Crippen MR) is 66.4 cm³/mol. The average Bonchev–Trinajstić information content (AvgIpc) is 2.99. The van der Waals surface area contributed by atoms with Gasteiger partial charge in [0.05, 0.1) is 0 Å². The van der Waals surface area contributed by atoms with E-state index in [1.54, 1.807) is 0 Å². The molecular weight excluding hydrogens is 202 g/mol. The highest BCUT2D eigenvalue weighted by atomic mass is 16.1. The van der Waals surface area contributed by atoms with Gasteiger partial charge >= 0.3 is 0 Å². The lowest BCUT2D eigenvalue weighted by atomic mass is 10.3. The summed E-state index contributed by atoms with van der Waals surface area (Å²) < 4.78 is 0. The fourth-order valence-corrected chi connectivity index (χ4v) is 1.55. The summed E-state index contributed by atoms with van der Waals surface area (Å²) in [6.45, 7) is 3.11. The largest absolute Gasteiger partial charge is 0.353 e. The third-order valence-electron chi connectivity index (χ3n) is 2.66. The van der Waals surface area contributed by atoms with Crippen LogP contribution in [0.4, 0.5) is 0 Å². The SMILES string of the molecule is CN(C)CCCNCCCC(=O)NC1CC1. The topological polar surface area (TPSA) is 44.4 Å². The molecule has 1 rings (SSSR count). The van der Waals surface area contributed by atoms with E-state index < -0.39 is 0 Å². The van der Waals surface area contributed by atoms with Gasteiger partial charge in [-0.15, -0.1) is 0 Å². The first-order valence-corrected chi connectivity index (χ1v) is 6.33. The molecule has 0 bridgehead atoms. The third kappa shape index (κ3) is 7.65. The fraction of sp³-hybridized carbons (Fsp3) is 0.917. The van der Waals surface area contributed by atoms with Gasteiger partial charge in [0.2, 0.25) is 5.91 Å². The molecule has 4 heteroatoms. The molecule has 0 atom stereocenters. The van der Waals surface area contributed by atoms with Gasteiger partial charge in [-0.1, -0.05) is 0 Å². The summed E-state index contributed by atoms with van der Waals surface area (Å²) in [7, 11) is 4.17. The Morgan fingerprint density at radius 2 is 1.94 bits per heavy atom. The van der Waals surface area contributed by atoms with E-state index in [1.807, 2.05) is 0 Å². The van der Waals surface area contributed by atoms with Crippen LogP contribution < -0.4 is 10.6 Å². The second kappa shape index (κ2) is 7.63. The van der Waals surface area contributed by atoms with Crippen LogP contribution in [0.5, 0.6) is 0 Å². The molecule has 2 N–H and O–H groups in total. The number of rotatable bonds is 9. The van der Waals surface area contributed by atoms with Crippen LogP contribution in [0.3, 0.4) is 0 Å². The zero-order chi connectivity index (χ0) is 11.8. The molecule has 0 saturated heterocycles. The maximum Gasteiger partial charge on any atom is 0.220 e. The Bertz CT molecular complexity index is 202. The van der Waals surface area contributed by atoms with E-state index in [4.69, 9.17) is 0 Å². The van der Waals surface area contributed by atoms with Crippen LogP contribution in [0.25, 0.3) is 0 Å². The van der Waals surface area contributed by atoms with Crippen LogP contribution in [0.15, 0.2) is 0 Å². The minimum absolute atomic E-state index is 0.220. The van der Waals surface area contributed by atoms with Crippen molar-refractivity contribution in [1.29, 1.82) is 0 Å². The summed E-state index contributed by atoms with van der Waals surface area (Å²) in [6.07, 6.45) is 5.13. The number of nitrogens with zero attached hydrogens (tertiary/aromatic N) is 1. The van der Waals surface area contributed by atoms with Crippen LogP contribution in [-0.2, 0) is 4.79 Å². The second-order valence-electron chi connectivity index (χ2n) is 4.85. The normalized spacial score (nSPS) is 15.4. The lowest BCUT2D eigenvalue weighted by Gasteiger charge is -2.09. The molecule has 1 amide bonds. The number of hydrogen-bond acceptors (Lipinski definition) is 3. The van der Waals surface area contributed by atoms with E-state index in [0.29, 0.717) is 12.5 Å². The first kappa shape index (κ1) is 13.5. The highest BCUT2D eigenvalue weighted by Crippen LogP contribution is 2.18. The summed E-state index contributed by atoms with van der Waals surface area (Å²) in [5.41, 5.74) is 0. The Morgan fingerprint density at radius 3 is 2.56 bits per heavy atom. The van der Waals surface area contributed by atoms with Crippen molar-refractivity contribution in [2.24, 2.45) is 0 Å². The molecule has 94 valence electrons. The Morgan fingerprint density at radius 1 is 1.25 bits per heavy atom. The van der Waals surface area contributed by atoms with E-state index >= 15 is 0 Å². The molecule has 16 heavy (non-hydrogen) atoms. The van der Waals surface area contributed by atoms with Crippen molar-refractivity contribution in [3.05, 3.63) is 0 Å². The molecule has 0 spiro atoms. The average molecular weight is 227 g/mol. The maximum atomic E-state index is 11.3. The molecule has 0 heterocycles. The molecule has 0 radical (unpaired) electrons. The number of amides is 1. The molecule has 1 saturated carbocycles. The monoisotopic (exact) mass is 227 g/mol. The molecule has 1 aliphatic rings. The number of carbonyl (C=O) groups excluding carboxylic acids is 1. The van der Waals surface area contributed by atoms with E-state index in [-0.39, 0.29) is 5.91 Å². The van der Waals surface area contributed by atoms with E-state index in [2.05, 4.69) is 29.6 Å². The van der Waals surface area contributed by atoms with Gasteiger partial charge in [0, 0.05) is 12.5 Å². The lowest BCUT2D eigenvalue weighted by molar-refractivity contribution is -0.121. The molecule has 0 aromatic heterocycles. The van der Waals surface area contributed by atoms with Gasteiger partial charge in [0.15, 0.2) is 0 Å². The van der Waals surface area contributed by atoms with Gasteiger partial charge in [-0.05, 0) is 59.4 Å². The molecule has 0 unspecified atom stereocenters. The van der Waals surface area contributed by atoms with Gasteiger partial charge in [0.1, 0.15) is 0 Å². The standard InChI is InChI=1S/C12H25N3O/c1-15(2)10-4-9-13-8-3-5-12(16)14-11-6-7-11/h11,13H,3-10H2,1-2H3,(H,14,16). The summed E-state index contributed by atoms with van der Waals surface area (Å²) in [6, 6.07) is 0.501. The molecule has 1 aliphatic carbocycles. The Kier molecular flexibility index (Phi) is 6.42. The van der Waals surface area contributed by atoms with Crippen LogP contribution in [0.1, 0.15) is 32.1 Å². The van der Waals surface area contributed by atoms with Crippen molar-refractivity contribution in [3.63, 3.8) is 0 Å². The number of hydrogen-bond donors (Lipinski definition) is 2. The predicted octanol–water partition coefficient (Wildman–Crippen LogP) is 0.587. The van der Waals surface area contributed by atoms with Crippen molar-refractivity contribution in [3.8, 4) is 0 Å². The van der Waals surface area contributed by atoms with Gasteiger partial charge < -0.3 is 15.5 Å². The Balaban J connectivity index is 1.78. The first-order valence-electron chi connectivity index (χ1n) is 6.33. The highest BCUT2D eigenvalue weighted by Gasteiger charge is 2.22. The van der Waals surface area contributed by atoms with E-state index in [9.17, 15) is 4.79 Å². The van der Waals surface area contributed by atoms with Gasteiger partial charge in [-0.2, -0.15) is 0 Å². The van der Waals surface area contributed by atoms with Gasteiger partial charge in [-0.3, -0.25) is 4.79 Å². The van der Waals surface area contributed by atoms with Gasteiger partial charge in [-0.25, -0.2) is 0 Å². The summed E-state index contributed by atoms with van der Waals surface area (Å²) in [5.74, 6) is 0.220. The zero-order valence-electron chi connectivity index (χ0n) is 10.6. The second-order valence-corrected chi connectivity index (χ2v) is 4.85. The summed E-state index contributed by atoms with van der Waals surface area (Å²) >= 11 is 0. The molecule has 4 nitrogen and oxygen atoms in total. The number of carbonyl (C=O) groups is 1. The zero-order valence-corrected chi connectivity index (χ0v) is 10.6. The van der Waals surface area contributed by atoms with E-state index in [0.717, 1.165) is 26.1 Å². The van der Waals surface area contributed by atoms with Crippen molar-refractivity contribution in [1.82, 2.24) is 15.5 Å². The van der Waals surface area contributed by atoms with Crippen molar-refractivity contribution < 1.29 is 4.79 Å². The molecule has 0 aromatic carbocycles. The van der Waals surface area contributed by atoms with Crippen LogP contribution >= 0.6 is 0 Å². The Hall–Kier alpha value is -0.610. The maximum absolute atomic E-state index is 11.3. The van der Waals surface area contributed by atoms with Crippen LogP contribution in [0.2, 0.25) is 0 Å². The molecule has 0 aromatic rings. The lowest BCUT2D eigenvalue weighted by Crippen LogP contribution is -2.27. The molecule has 1 fully saturated rings. The van der Waals surface area contributed by atoms with Crippen molar-refractivity contribution in [2.45, 2.75) is 38.1 Å². The Labute approximate surface area is 98.8 Å². The van der Waals surface area contributed by atoms with Crippen LogP contribution in [0, 0.1) is 0 Å². The van der Waals surface area contributed by atoms with Crippen LogP contribution in [-0.4, -0.2) is 50.6 Å². The minimum Gasteiger partial charge on any atom is -0.353 e. The highest BCUT2D eigenvalue weighted by molar-refractivity contribution is 5.76. The summed E-state index contributed by atoms with van der Waals surface area (Å²) in [5, 5.41) is 6.36. The molecular formula is C12H25N3O. The third-order valence-corrected chi connectivity index (χ3v) is 2.66. The van der Waals surface area contributed by atoms with Gasteiger partial charge in [0.25, 0.3) is 0 Å². The number of nitrogens with one attached hydrogen (secondary N) is 2.